The number of hydrogen-bond donors (Lipinski definition) is 3. The molecule has 2 aromatic carbocycles. The number of nitrogens with zero attached hydrogens (tertiary/aromatic N) is 5. The maximum atomic E-state index is 15.5. The fourth-order valence-corrected chi connectivity index (χ4v) is 8.77. The molecule has 2 aliphatic carbocycles. The number of alkyl halides is 5. The summed E-state index contributed by atoms with van der Waals surface area (Å²) in [7, 11) is -2.33. The third kappa shape index (κ3) is 7.90. The molecule has 2 fully saturated rings. The lowest BCUT2D eigenvalue weighted by Crippen LogP contribution is -2.46. The maximum Gasteiger partial charge on any atom is 0.435 e. The molecule has 3 aliphatic rings. The Labute approximate surface area is 342 Å². The molecular weight excluding hydrogens is 845 g/mol. The molecule has 3 aromatic heterocycles. The van der Waals surface area contributed by atoms with Crippen molar-refractivity contribution in [3.63, 3.8) is 0 Å². The summed E-state index contributed by atoms with van der Waals surface area (Å²) in [4.78, 5) is 18.8. The number of carbonyl (C=O) groups excluding carboxylic acids is 1. The summed E-state index contributed by atoms with van der Waals surface area (Å²) in [5, 5.41) is 13.9. The highest BCUT2D eigenvalue weighted by atomic mass is 35.5. The molecule has 1 amide bonds. The first-order valence-corrected chi connectivity index (χ1v) is 20.7. The predicted molar refractivity (Wildman–Crippen MR) is 204 cm³/mol. The number of anilines is 1. The van der Waals surface area contributed by atoms with E-state index in [0.29, 0.717) is 41.5 Å². The van der Waals surface area contributed by atoms with E-state index in [4.69, 9.17) is 21.3 Å². The van der Waals surface area contributed by atoms with Gasteiger partial charge in [0, 0.05) is 48.8 Å². The molecule has 4 heterocycles. The van der Waals surface area contributed by atoms with Crippen LogP contribution in [0, 0.1) is 29.4 Å². The Kier molecular flexibility index (Phi) is 10.2. The Balaban J connectivity index is 1.28. The van der Waals surface area contributed by atoms with Gasteiger partial charge in [-0.15, -0.1) is 0 Å². The van der Waals surface area contributed by atoms with Crippen LogP contribution in [0.15, 0.2) is 42.5 Å². The lowest BCUT2D eigenvalue weighted by atomic mass is 9.93. The minimum atomic E-state index is -5.08. The average Bonchev–Trinajstić information content (AvgIpc) is 3.68. The number of benzene rings is 2. The van der Waals surface area contributed by atoms with Gasteiger partial charge < -0.3 is 15.4 Å². The van der Waals surface area contributed by atoms with Crippen molar-refractivity contribution in [3.05, 3.63) is 93.0 Å². The number of pyridine rings is 1. The number of rotatable bonds is 9. The van der Waals surface area contributed by atoms with Gasteiger partial charge in [-0.3, -0.25) is 18.9 Å². The molecule has 0 bridgehead atoms. The molecule has 0 radical (unpaired) electrons. The first kappa shape index (κ1) is 41.5. The van der Waals surface area contributed by atoms with E-state index in [0.717, 1.165) is 18.4 Å². The molecule has 4 atom stereocenters. The molecular formula is C39H34ClF7N8O4S. The van der Waals surface area contributed by atoms with Crippen LogP contribution >= 0.6 is 11.6 Å². The van der Waals surface area contributed by atoms with Crippen molar-refractivity contribution < 1.29 is 48.7 Å². The lowest BCUT2D eigenvalue weighted by molar-refractivity contribution is -0.142. The van der Waals surface area contributed by atoms with Crippen molar-refractivity contribution >= 4 is 44.3 Å². The number of aromatic nitrogens is 5. The highest BCUT2D eigenvalue weighted by Crippen LogP contribution is 2.68. The first-order chi connectivity index (χ1) is 28.1. The topological polar surface area (TPSA) is 145 Å². The van der Waals surface area contributed by atoms with Gasteiger partial charge in [-0.1, -0.05) is 23.6 Å². The van der Waals surface area contributed by atoms with E-state index < -0.39 is 86.6 Å². The summed E-state index contributed by atoms with van der Waals surface area (Å²) in [6, 6.07) is 7.46. The summed E-state index contributed by atoms with van der Waals surface area (Å²) in [6.45, 7) is 2.06. The van der Waals surface area contributed by atoms with Gasteiger partial charge in [0.1, 0.15) is 35.2 Å². The van der Waals surface area contributed by atoms with Crippen molar-refractivity contribution in [2.75, 3.05) is 30.7 Å². The number of ether oxygens (including phenoxy) is 1. The zero-order chi connectivity index (χ0) is 43.1. The molecule has 60 heavy (non-hydrogen) atoms. The lowest BCUT2D eigenvalue weighted by Gasteiger charge is -2.29. The SMILES string of the molecule is Cn1nc(NS(C)(=O)=O)c2c(Cl)ccc(-c3ccc(C#C[C@]4(C)CNCCO4)nc3[C@H](Cc3cc(F)cc(F)c3)NC(=O)Cn3nc(C(F)(F)F)c4c3C(F)(F)C3C[C@H]43)c21. The van der Waals surface area contributed by atoms with Crippen molar-refractivity contribution in [1.82, 2.24) is 35.2 Å². The quantitative estimate of drug-likeness (QED) is 0.118. The minimum Gasteiger partial charge on any atom is -0.360 e. The van der Waals surface area contributed by atoms with Crippen molar-refractivity contribution in [1.29, 1.82) is 0 Å². The van der Waals surface area contributed by atoms with E-state index in [1.54, 1.807) is 25.1 Å². The number of halogens is 8. The summed E-state index contributed by atoms with van der Waals surface area (Å²) in [5.41, 5.74) is -2.98. The van der Waals surface area contributed by atoms with Crippen LogP contribution in [0.3, 0.4) is 0 Å². The van der Waals surface area contributed by atoms with Crippen LogP contribution in [0.5, 0.6) is 0 Å². The molecule has 316 valence electrons. The van der Waals surface area contributed by atoms with E-state index in [9.17, 15) is 35.2 Å². The predicted octanol–water partition coefficient (Wildman–Crippen LogP) is 6.19. The smallest absolute Gasteiger partial charge is 0.360 e. The Morgan fingerprint density at radius 1 is 1.12 bits per heavy atom. The third-order valence-corrected chi connectivity index (χ3v) is 11.5. The Bertz CT molecular complexity index is 2740. The van der Waals surface area contributed by atoms with E-state index in [1.165, 1.54) is 17.8 Å². The molecule has 8 rings (SSSR count). The summed E-state index contributed by atoms with van der Waals surface area (Å²) in [6.07, 6.45) is -4.68. The minimum absolute atomic E-state index is 0.0170. The van der Waals surface area contributed by atoms with Crippen LogP contribution in [0.2, 0.25) is 5.02 Å². The van der Waals surface area contributed by atoms with Crippen LogP contribution in [0.1, 0.15) is 59.2 Å². The molecule has 1 unspecified atom stereocenters. The van der Waals surface area contributed by atoms with Crippen molar-refractivity contribution in [3.8, 4) is 23.0 Å². The number of fused-ring (bicyclic) bond motifs is 4. The molecule has 0 spiro atoms. The van der Waals surface area contributed by atoms with Gasteiger partial charge >= 0.3 is 6.18 Å². The van der Waals surface area contributed by atoms with E-state index in [2.05, 4.69) is 37.4 Å². The Morgan fingerprint density at radius 2 is 1.83 bits per heavy atom. The van der Waals surface area contributed by atoms with Crippen molar-refractivity contribution in [2.24, 2.45) is 13.0 Å². The van der Waals surface area contributed by atoms with E-state index in [-0.39, 0.29) is 51.6 Å². The molecule has 21 heteroatoms. The van der Waals surface area contributed by atoms with Gasteiger partial charge in [0.25, 0.3) is 5.92 Å². The number of aryl methyl sites for hydroxylation is 1. The van der Waals surface area contributed by atoms with Gasteiger partial charge in [-0.25, -0.2) is 22.2 Å². The van der Waals surface area contributed by atoms with Crippen LogP contribution in [-0.2, 0) is 51.7 Å². The first-order valence-electron chi connectivity index (χ1n) is 18.4. The molecule has 1 saturated heterocycles. The summed E-state index contributed by atoms with van der Waals surface area (Å²) < 4.78 is 137. The van der Waals surface area contributed by atoms with E-state index in [1.807, 2.05) is 0 Å². The van der Waals surface area contributed by atoms with Gasteiger partial charge in [0.05, 0.1) is 40.5 Å². The second-order valence-corrected chi connectivity index (χ2v) is 17.4. The Morgan fingerprint density at radius 3 is 2.50 bits per heavy atom. The highest BCUT2D eigenvalue weighted by molar-refractivity contribution is 7.92. The Hall–Kier alpha value is -5.23. The summed E-state index contributed by atoms with van der Waals surface area (Å²) >= 11 is 6.61. The summed E-state index contributed by atoms with van der Waals surface area (Å²) in [5.74, 6) is -3.15. The highest BCUT2D eigenvalue weighted by Gasteiger charge is 2.68. The third-order valence-electron chi connectivity index (χ3n) is 10.6. The number of hydrogen-bond acceptors (Lipinski definition) is 8. The standard InChI is InChI=1S/C39H34ClF7N8O4S/c1-37(18-48-10-11-59-37)9-8-22-4-5-23(24-6-7-27(40)31-33(24)54(2)52-36(31)53-60(3,57)58)32(49-22)28(14-19-12-20(41)15-21(42)13-19)50-29(56)17-55-35-30(34(51-55)39(45,46)47)25-16-26(25)38(35,43)44/h4-7,12-13,15,25-26,28,48H,10-11,14,16-18H2,1-3H3,(H,50,56)(H,52,53)/t25-,26?,28-,37+/m0/s1. The fourth-order valence-electron chi connectivity index (χ4n) is 8.03. The van der Waals surface area contributed by atoms with E-state index >= 15 is 8.78 Å². The largest absolute Gasteiger partial charge is 0.435 e. The van der Waals surface area contributed by atoms with Crippen molar-refractivity contribution in [2.45, 2.75) is 56.0 Å². The normalized spacial score (nSPS) is 21.2. The zero-order valence-corrected chi connectivity index (χ0v) is 33.4. The average molecular weight is 879 g/mol. The molecule has 1 aliphatic heterocycles. The number of morpholine rings is 1. The fraction of sp³-hybridized carbons (Fsp3) is 0.385. The van der Waals surface area contributed by atoms with Crippen LogP contribution < -0.4 is 15.4 Å². The molecule has 5 aromatic rings. The maximum absolute atomic E-state index is 15.5. The van der Waals surface area contributed by atoms with Gasteiger partial charge in [-0.05, 0) is 67.5 Å². The number of sulfonamides is 1. The number of amides is 1. The van der Waals surface area contributed by atoms with Gasteiger partial charge in [-0.2, -0.15) is 32.1 Å². The molecule has 12 nitrogen and oxygen atoms in total. The number of carbonyl (C=O) groups is 1. The second-order valence-electron chi connectivity index (χ2n) is 15.2. The zero-order valence-electron chi connectivity index (χ0n) is 31.8. The van der Waals surface area contributed by atoms with Gasteiger partial charge in [0.2, 0.25) is 15.9 Å². The van der Waals surface area contributed by atoms with Gasteiger partial charge in [0.15, 0.2) is 11.5 Å². The van der Waals surface area contributed by atoms with Crippen LogP contribution in [0.25, 0.3) is 22.0 Å². The number of nitrogens with one attached hydrogen (secondary N) is 3. The molecule has 1 saturated carbocycles. The monoisotopic (exact) mass is 878 g/mol. The van der Waals surface area contributed by atoms with Crippen LogP contribution in [0.4, 0.5) is 36.6 Å². The van der Waals surface area contributed by atoms with Crippen LogP contribution in [-0.4, -0.2) is 70.4 Å². The second kappa shape index (κ2) is 14.7. The molecule has 3 N–H and O–H groups in total.